The van der Waals surface area contributed by atoms with Crippen molar-refractivity contribution in [2.24, 2.45) is 0 Å². The predicted octanol–water partition coefficient (Wildman–Crippen LogP) is 4.33. The van der Waals surface area contributed by atoms with Gasteiger partial charge in [-0.15, -0.1) is 0 Å². The highest BCUT2D eigenvalue weighted by atomic mass is 32.2. The Morgan fingerprint density at radius 1 is 1.00 bits per heavy atom. The molecule has 0 aromatic heterocycles. The van der Waals surface area contributed by atoms with Gasteiger partial charge in [0, 0.05) is 12.2 Å². The van der Waals surface area contributed by atoms with Gasteiger partial charge in [-0.1, -0.05) is 64.1 Å². The summed E-state index contributed by atoms with van der Waals surface area (Å²) in [6, 6.07) is 12.3. The maximum Gasteiger partial charge on any atom is 0.411 e. The van der Waals surface area contributed by atoms with Gasteiger partial charge in [-0.2, -0.15) is 8.42 Å². The Balaban J connectivity index is 1.85. The molecule has 28 heavy (non-hydrogen) atoms. The van der Waals surface area contributed by atoms with Crippen molar-refractivity contribution in [2.75, 3.05) is 11.4 Å². The van der Waals surface area contributed by atoms with Crippen molar-refractivity contribution in [1.29, 1.82) is 0 Å². The minimum absolute atomic E-state index is 0.0741. The van der Waals surface area contributed by atoms with Crippen LogP contribution in [0.5, 0.6) is 5.75 Å². The highest BCUT2D eigenvalue weighted by Crippen LogP contribution is 2.35. The second-order valence-corrected chi connectivity index (χ2v) is 8.83. The summed E-state index contributed by atoms with van der Waals surface area (Å²) in [5.74, 6) is 0.449. The Labute approximate surface area is 166 Å². The van der Waals surface area contributed by atoms with Gasteiger partial charge in [-0.25, -0.2) is 9.52 Å². The van der Waals surface area contributed by atoms with Gasteiger partial charge in [0.25, 0.3) is 0 Å². The van der Waals surface area contributed by atoms with Crippen LogP contribution in [-0.2, 0) is 16.7 Å². The number of anilines is 1. The molecule has 2 aromatic carbocycles. The van der Waals surface area contributed by atoms with Crippen molar-refractivity contribution in [2.45, 2.75) is 46.0 Å². The molecular weight excluding hydrogens is 376 g/mol. The first-order valence-corrected chi connectivity index (χ1v) is 10.8. The molecule has 2 amide bonds. The number of hydrogen-bond acceptors (Lipinski definition) is 4. The van der Waals surface area contributed by atoms with Crippen LogP contribution in [0, 0.1) is 0 Å². The molecule has 0 unspecified atom stereocenters. The van der Waals surface area contributed by atoms with Crippen molar-refractivity contribution in [3.8, 4) is 5.75 Å². The lowest BCUT2D eigenvalue weighted by Crippen LogP contribution is -2.43. The van der Waals surface area contributed by atoms with Crippen LogP contribution in [0.1, 0.15) is 56.2 Å². The zero-order valence-corrected chi connectivity index (χ0v) is 17.4. The van der Waals surface area contributed by atoms with Crippen LogP contribution < -0.4 is 13.8 Å². The highest BCUT2D eigenvalue weighted by molar-refractivity contribution is 7.85. The van der Waals surface area contributed by atoms with E-state index in [4.69, 9.17) is 4.18 Å². The molecule has 6 nitrogen and oxygen atoms in total. The number of urea groups is 1. The standard InChI is InChI=1S/C21H26N2O4S/c1-14(2)17-9-7-10-18(15(3)4)20(17)27-28(25,26)22-21(24)23-13-12-16-8-5-6-11-19(16)23/h5-11,14-15H,12-13H2,1-4H3,(H,22,24). The minimum Gasteiger partial charge on any atom is -0.366 e. The fourth-order valence-electron chi connectivity index (χ4n) is 3.42. The van der Waals surface area contributed by atoms with E-state index in [9.17, 15) is 13.2 Å². The maximum absolute atomic E-state index is 12.6. The molecule has 0 saturated heterocycles. The fourth-order valence-corrected chi connectivity index (χ4v) is 4.20. The summed E-state index contributed by atoms with van der Waals surface area (Å²) in [4.78, 5) is 14.0. The van der Waals surface area contributed by atoms with Crippen molar-refractivity contribution in [1.82, 2.24) is 4.72 Å². The molecule has 0 saturated carbocycles. The number of nitrogens with one attached hydrogen (secondary N) is 1. The molecule has 0 fully saturated rings. The van der Waals surface area contributed by atoms with Crippen LogP contribution in [-0.4, -0.2) is 21.0 Å². The number of hydrogen-bond donors (Lipinski definition) is 1. The molecule has 0 spiro atoms. The van der Waals surface area contributed by atoms with E-state index in [2.05, 4.69) is 4.72 Å². The average molecular weight is 403 g/mol. The van der Waals surface area contributed by atoms with Crippen molar-refractivity contribution < 1.29 is 17.4 Å². The smallest absolute Gasteiger partial charge is 0.366 e. The predicted molar refractivity (Wildman–Crippen MR) is 110 cm³/mol. The highest BCUT2D eigenvalue weighted by Gasteiger charge is 2.29. The first-order valence-electron chi connectivity index (χ1n) is 9.44. The minimum atomic E-state index is -4.33. The van der Waals surface area contributed by atoms with Gasteiger partial charge >= 0.3 is 16.3 Å². The molecule has 1 heterocycles. The lowest BCUT2D eigenvalue weighted by atomic mass is 9.94. The van der Waals surface area contributed by atoms with Gasteiger partial charge in [-0.05, 0) is 41.0 Å². The summed E-state index contributed by atoms with van der Waals surface area (Å²) >= 11 is 0. The molecule has 7 heteroatoms. The maximum atomic E-state index is 12.6. The van der Waals surface area contributed by atoms with E-state index in [1.807, 2.05) is 64.1 Å². The molecule has 150 valence electrons. The van der Waals surface area contributed by atoms with E-state index in [-0.39, 0.29) is 11.8 Å². The fraction of sp³-hybridized carbons (Fsp3) is 0.381. The van der Waals surface area contributed by atoms with E-state index in [1.165, 1.54) is 4.90 Å². The molecule has 0 radical (unpaired) electrons. The Kier molecular flexibility index (Phi) is 5.65. The number of amides is 2. The Bertz CT molecular complexity index is 957. The van der Waals surface area contributed by atoms with Crippen molar-refractivity contribution in [3.63, 3.8) is 0 Å². The van der Waals surface area contributed by atoms with E-state index >= 15 is 0 Å². The summed E-state index contributed by atoms with van der Waals surface area (Å²) in [5, 5.41) is 0. The average Bonchev–Trinajstić information content (AvgIpc) is 3.05. The van der Waals surface area contributed by atoms with E-state index in [0.29, 0.717) is 18.7 Å². The number of benzene rings is 2. The Morgan fingerprint density at radius 2 is 1.61 bits per heavy atom. The first kappa shape index (κ1) is 20.2. The molecule has 3 rings (SSSR count). The summed E-state index contributed by atoms with van der Waals surface area (Å²) in [6.07, 6.45) is 0.693. The lowest BCUT2D eigenvalue weighted by molar-refractivity contribution is 0.250. The molecule has 0 atom stereocenters. The molecule has 0 bridgehead atoms. The lowest BCUT2D eigenvalue weighted by Gasteiger charge is -2.21. The normalized spacial score (nSPS) is 13.7. The molecule has 1 aliphatic heterocycles. The largest absolute Gasteiger partial charge is 0.411 e. The van der Waals surface area contributed by atoms with Gasteiger partial charge < -0.3 is 4.18 Å². The zero-order valence-electron chi connectivity index (χ0n) is 16.6. The zero-order chi connectivity index (χ0) is 20.5. The summed E-state index contributed by atoms with van der Waals surface area (Å²) in [5.41, 5.74) is 3.31. The molecule has 0 aliphatic carbocycles. The topological polar surface area (TPSA) is 75.7 Å². The second-order valence-electron chi connectivity index (χ2n) is 7.55. The SMILES string of the molecule is CC(C)c1cccc(C(C)C)c1OS(=O)(=O)NC(=O)N1CCc2ccccc21. The third-order valence-corrected chi connectivity index (χ3v) is 5.67. The van der Waals surface area contributed by atoms with E-state index < -0.39 is 16.3 Å². The monoisotopic (exact) mass is 402 g/mol. The van der Waals surface area contributed by atoms with Crippen molar-refractivity contribution >= 4 is 22.0 Å². The molecule has 1 aliphatic rings. The van der Waals surface area contributed by atoms with Crippen LogP contribution in [0.2, 0.25) is 0 Å². The third kappa shape index (κ3) is 4.14. The van der Waals surface area contributed by atoms with Gasteiger partial charge in [0.2, 0.25) is 0 Å². The van der Waals surface area contributed by atoms with E-state index in [1.54, 1.807) is 6.07 Å². The van der Waals surface area contributed by atoms with Crippen LogP contribution in [0.25, 0.3) is 0 Å². The van der Waals surface area contributed by atoms with Crippen LogP contribution in [0.15, 0.2) is 42.5 Å². The first-order chi connectivity index (χ1) is 13.2. The van der Waals surface area contributed by atoms with Gasteiger partial charge in [0.1, 0.15) is 0 Å². The number of carbonyl (C=O) groups excluding carboxylic acids is 1. The van der Waals surface area contributed by atoms with Gasteiger partial charge in [0.05, 0.1) is 0 Å². The van der Waals surface area contributed by atoms with E-state index in [0.717, 1.165) is 22.4 Å². The van der Waals surface area contributed by atoms with Crippen LogP contribution >= 0.6 is 0 Å². The summed E-state index contributed by atoms with van der Waals surface area (Å²) in [6.45, 7) is 8.31. The van der Waals surface area contributed by atoms with Gasteiger partial charge in [-0.3, -0.25) is 4.90 Å². The number of nitrogens with zero attached hydrogens (tertiary/aromatic N) is 1. The second kappa shape index (κ2) is 7.83. The van der Waals surface area contributed by atoms with Crippen LogP contribution in [0.3, 0.4) is 0 Å². The Hall–Kier alpha value is -2.54. The van der Waals surface area contributed by atoms with Crippen molar-refractivity contribution in [3.05, 3.63) is 59.2 Å². The number of rotatable bonds is 5. The number of para-hydroxylation sites is 2. The van der Waals surface area contributed by atoms with Crippen LogP contribution in [0.4, 0.5) is 10.5 Å². The summed E-state index contributed by atoms with van der Waals surface area (Å²) in [7, 11) is -4.33. The molecule has 1 N–H and O–H groups in total. The number of carbonyl (C=O) groups is 1. The Morgan fingerprint density at radius 3 is 2.21 bits per heavy atom. The number of fused-ring (bicyclic) bond motifs is 1. The van der Waals surface area contributed by atoms with Gasteiger partial charge in [0.15, 0.2) is 5.75 Å². The molecular formula is C21H26N2O4S. The summed E-state index contributed by atoms with van der Waals surface area (Å²) < 4.78 is 32.8. The molecule has 2 aromatic rings. The quantitative estimate of drug-likeness (QED) is 0.808. The third-order valence-electron chi connectivity index (χ3n) is 4.86.